The maximum atomic E-state index is 13.5. The van der Waals surface area contributed by atoms with Gasteiger partial charge in [-0.05, 0) is 26.2 Å². The zero-order valence-corrected chi connectivity index (χ0v) is 15.1. The Labute approximate surface area is 154 Å². The normalized spacial score (nSPS) is 11.3. The van der Waals surface area contributed by atoms with Gasteiger partial charge in [0.25, 0.3) is 0 Å². The Morgan fingerprint density at radius 2 is 1.19 bits per heavy atom. The molecule has 0 bridgehead atoms. The molecule has 0 aliphatic heterocycles. The topological polar surface area (TPSA) is 29.5 Å². The molecule has 3 aromatic rings. The van der Waals surface area contributed by atoms with Crippen molar-refractivity contribution in [1.82, 2.24) is 4.90 Å². The van der Waals surface area contributed by atoms with Gasteiger partial charge in [-0.1, -0.05) is 78.9 Å². The molecule has 0 heterocycles. The highest BCUT2D eigenvalue weighted by Crippen LogP contribution is 2.36. The Morgan fingerprint density at radius 3 is 1.62 bits per heavy atom. The summed E-state index contributed by atoms with van der Waals surface area (Å²) in [5.74, 6) is 0.649. The van der Waals surface area contributed by atoms with Crippen molar-refractivity contribution in [2.45, 2.75) is 5.60 Å². The highest BCUT2D eigenvalue weighted by atomic mass is 16.5. The first kappa shape index (κ1) is 17.9. The monoisotopic (exact) mass is 345 g/mol. The maximum absolute atomic E-state index is 13.5. The second-order valence-electron chi connectivity index (χ2n) is 6.49. The summed E-state index contributed by atoms with van der Waals surface area (Å²) in [5, 5.41) is 0. The Balaban J connectivity index is 2.21. The van der Waals surface area contributed by atoms with Crippen LogP contribution in [0.3, 0.4) is 0 Å². The van der Waals surface area contributed by atoms with Crippen LogP contribution in [0.15, 0.2) is 91.0 Å². The Hall–Kier alpha value is -2.91. The highest BCUT2D eigenvalue weighted by molar-refractivity contribution is 5.94. The van der Waals surface area contributed by atoms with E-state index in [0.717, 1.165) is 11.1 Å². The minimum Gasteiger partial charge on any atom is -0.470 e. The van der Waals surface area contributed by atoms with E-state index in [-0.39, 0.29) is 12.3 Å². The van der Waals surface area contributed by atoms with E-state index in [1.165, 1.54) is 0 Å². The summed E-state index contributed by atoms with van der Waals surface area (Å²) in [6.45, 7) is 0.274. The highest BCUT2D eigenvalue weighted by Gasteiger charge is 2.44. The molecule has 0 amide bonds. The van der Waals surface area contributed by atoms with Gasteiger partial charge >= 0.3 is 0 Å². The first-order valence-corrected chi connectivity index (χ1v) is 8.66. The Morgan fingerprint density at radius 1 is 0.769 bits per heavy atom. The minimum atomic E-state index is -1.20. The minimum absolute atomic E-state index is 0.0104. The summed E-state index contributed by atoms with van der Waals surface area (Å²) in [4.78, 5) is 15.4. The summed E-state index contributed by atoms with van der Waals surface area (Å²) < 4.78 is 6.46. The SMILES string of the molecule is CN(C)CC(=O)C(Oc1ccccc1)(c1ccccc1)c1ccccc1. The van der Waals surface area contributed by atoms with Gasteiger partial charge in [0.05, 0.1) is 6.54 Å². The van der Waals surface area contributed by atoms with Crippen LogP contribution in [0.25, 0.3) is 0 Å². The van der Waals surface area contributed by atoms with Crippen LogP contribution in [-0.4, -0.2) is 31.3 Å². The molecule has 0 N–H and O–H groups in total. The second-order valence-corrected chi connectivity index (χ2v) is 6.49. The number of hydrogen-bond donors (Lipinski definition) is 0. The number of benzene rings is 3. The third-order valence-electron chi connectivity index (χ3n) is 4.23. The molecular weight excluding hydrogens is 322 g/mol. The van der Waals surface area contributed by atoms with Crippen molar-refractivity contribution in [3.63, 3.8) is 0 Å². The molecule has 0 saturated carbocycles. The number of carbonyl (C=O) groups is 1. The summed E-state index contributed by atoms with van der Waals surface area (Å²) >= 11 is 0. The number of nitrogens with zero attached hydrogens (tertiary/aromatic N) is 1. The lowest BCUT2D eigenvalue weighted by molar-refractivity contribution is -0.132. The van der Waals surface area contributed by atoms with E-state index in [1.807, 2.05) is 110 Å². The lowest BCUT2D eigenvalue weighted by Crippen LogP contribution is -2.47. The standard InChI is InChI=1S/C23H23NO2/c1-24(2)18-22(25)23(19-12-6-3-7-13-19,20-14-8-4-9-15-20)26-21-16-10-5-11-17-21/h3-17H,18H2,1-2H3. The van der Waals surface area contributed by atoms with Crippen molar-refractivity contribution < 1.29 is 9.53 Å². The largest absolute Gasteiger partial charge is 0.470 e. The number of likely N-dealkylation sites (N-methyl/N-ethyl adjacent to an activating group) is 1. The maximum Gasteiger partial charge on any atom is 0.218 e. The van der Waals surface area contributed by atoms with E-state index < -0.39 is 5.60 Å². The molecule has 3 aromatic carbocycles. The first-order chi connectivity index (χ1) is 12.6. The van der Waals surface area contributed by atoms with Crippen molar-refractivity contribution in [2.75, 3.05) is 20.6 Å². The molecule has 0 aromatic heterocycles. The van der Waals surface area contributed by atoms with E-state index in [4.69, 9.17) is 4.74 Å². The number of Topliss-reactive ketones (excluding diaryl/α,β-unsaturated/α-hetero) is 1. The number of para-hydroxylation sites is 1. The van der Waals surface area contributed by atoms with Gasteiger partial charge in [0.15, 0.2) is 5.78 Å². The Bertz CT molecular complexity index is 790. The predicted molar refractivity (Wildman–Crippen MR) is 104 cm³/mol. The van der Waals surface area contributed by atoms with Gasteiger partial charge in [-0.2, -0.15) is 0 Å². The van der Waals surface area contributed by atoms with Crippen LogP contribution in [0.1, 0.15) is 11.1 Å². The Kier molecular flexibility index (Phi) is 5.49. The molecule has 132 valence electrons. The molecule has 0 radical (unpaired) electrons. The first-order valence-electron chi connectivity index (χ1n) is 8.66. The van der Waals surface area contributed by atoms with Gasteiger partial charge in [0.2, 0.25) is 5.60 Å². The molecule has 0 aliphatic rings. The average Bonchev–Trinajstić information content (AvgIpc) is 2.68. The van der Waals surface area contributed by atoms with Crippen LogP contribution >= 0.6 is 0 Å². The fourth-order valence-electron chi connectivity index (χ4n) is 3.07. The fourth-order valence-corrected chi connectivity index (χ4v) is 3.07. The zero-order valence-electron chi connectivity index (χ0n) is 15.1. The third-order valence-corrected chi connectivity index (χ3v) is 4.23. The molecule has 0 saturated heterocycles. The van der Waals surface area contributed by atoms with Gasteiger partial charge < -0.3 is 9.64 Å². The molecule has 26 heavy (non-hydrogen) atoms. The zero-order chi connectivity index (χ0) is 18.4. The molecule has 3 heteroatoms. The molecule has 0 unspecified atom stereocenters. The molecule has 0 aliphatic carbocycles. The molecule has 3 rings (SSSR count). The second kappa shape index (κ2) is 7.98. The summed E-state index contributed by atoms with van der Waals surface area (Å²) in [5.41, 5.74) is 0.442. The summed E-state index contributed by atoms with van der Waals surface area (Å²) in [7, 11) is 3.78. The molecular formula is C23H23NO2. The molecule has 0 fully saturated rings. The van der Waals surface area contributed by atoms with E-state index in [2.05, 4.69) is 0 Å². The molecule has 3 nitrogen and oxygen atoms in total. The third kappa shape index (κ3) is 3.68. The lowest BCUT2D eigenvalue weighted by atomic mass is 9.82. The van der Waals surface area contributed by atoms with Gasteiger partial charge in [-0.25, -0.2) is 0 Å². The van der Waals surface area contributed by atoms with Crippen LogP contribution in [-0.2, 0) is 10.4 Å². The number of rotatable bonds is 7. The smallest absolute Gasteiger partial charge is 0.218 e. The van der Waals surface area contributed by atoms with Crippen LogP contribution < -0.4 is 4.74 Å². The average molecular weight is 345 g/mol. The van der Waals surface area contributed by atoms with E-state index >= 15 is 0 Å². The van der Waals surface area contributed by atoms with Crippen LogP contribution in [0.2, 0.25) is 0 Å². The van der Waals surface area contributed by atoms with Crippen molar-refractivity contribution in [3.05, 3.63) is 102 Å². The van der Waals surface area contributed by atoms with Gasteiger partial charge in [0, 0.05) is 11.1 Å². The van der Waals surface area contributed by atoms with Crippen molar-refractivity contribution in [2.24, 2.45) is 0 Å². The quantitative estimate of drug-likeness (QED) is 0.644. The van der Waals surface area contributed by atoms with Crippen LogP contribution in [0.5, 0.6) is 5.75 Å². The van der Waals surface area contributed by atoms with Gasteiger partial charge in [-0.3, -0.25) is 4.79 Å². The van der Waals surface area contributed by atoms with Gasteiger partial charge in [0.1, 0.15) is 5.75 Å². The van der Waals surface area contributed by atoms with E-state index in [0.29, 0.717) is 5.75 Å². The van der Waals surface area contributed by atoms with Crippen molar-refractivity contribution in [1.29, 1.82) is 0 Å². The number of hydrogen-bond acceptors (Lipinski definition) is 3. The number of carbonyl (C=O) groups excluding carboxylic acids is 1. The van der Waals surface area contributed by atoms with E-state index in [1.54, 1.807) is 0 Å². The molecule has 0 atom stereocenters. The fraction of sp³-hybridized carbons (Fsp3) is 0.174. The number of ketones is 1. The van der Waals surface area contributed by atoms with Crippen molar-refractivity contribution in [3.8, 4) is 5.75 Å². The lowest BCUT2D eigenvalue weighted by Gasteiger charge is -2.35. The summed E-state index contributed by atoms with van der Waals surface area (Å²) in [6, 6.07) is 28.9. The summed E-state index contributed by atoms with van der Waals surface area (Å²) in [6.07, 6.45) is 0. The van der Waals surface area contributed by atoms with Crippen LogP contribution in [0.4, 0.5) is 0 Å². The van der Waals surface area contributed by atoms with E-state index in [9.17, 15) is 4.79 Å². The number of ether oxygens (including phenoxy) is 1. The van der Waals surface area contributed by atoms with Crippen molar-refractivity contribution >= 4 is 5.78 Å². The molecule has 0 spiro atoms. The van der Waals surface area contributed by atoms with Crippen LogP contribution in [0, 0.1) is 0 Å². The predicted octanol–water partition coefficient (Wildman–Crippen LogP) is 4.14. The van der Waals surface area contributed by atoms with Gasteiger partial charge in [-0.15, -0.1) is 0 Å².